The van der Waals surface area contributed by atoms with E-state index in [1.165, 1.54) is 12.8 Å². The van der Waals surface area contributed by atoms with Gasteiger partial charge in [-0.3, -0.25) is 9.97 Å². The van der Waals surface area contributed by atoms with Crippen molar-refractivity contribution in [1.29, 1.82) is 0 Å². The molecule has 1 amide bonds. The zero-order valence-corrected chi connectivity index (χ0v) is 25.7. The summed E-state index contributed by atoms with van der Waals surface area (Å²) in [6.07, 6.45) is 13.7. The third kappa shape index (κ3) is 7.75. The minimum absolute atomic E-state index is 0.0118. The monoisotopic (exact) mass is 596 g/mol. The van der Waals surface area contributed by atoms with Gasteiger partial charge in [0.2, 0.25) is 5.90 Å². The lowest BCUT2D eigenvalue weighted by Gasteiger charge is -2.34. The third-order valence-corrected chi connectivity index (χ3v) is 7.70. The van der Waals surface area contributed by atoms with Crippen LogP contribution < -0.4 is 5.32 Å². The fourth-order valence-corrected chi connectivity index (χ4v) is 5.35. The number of amides is 1. The molecule has 0 spiro atoms. The molecule has 2 saturated heterocycles. The number of nitrogens with zero attached hydrogens (tertiary/aromatic N) is 7. The van der Waals surface area contributed by atoms with E-state index < -0.39 is 5.60 Å². The van der Waals surface area contributed by atoms with Crippen LogP contribution in [0.2, 0.25) is 0 Å². The van der Waals surface area contributed by atoms with Gasteiger partial charge in [-0.05, 0) is 65.4 Å². The average molecular weight is 597 g/mol. The predicted octanol–water partition coefficient (Wildman–Crippen LogP) is 5.97. The summed E-state index contributed by atoms with van der Waals surface area (Å²) in [5.41, 5.74) is 4.26. The lowest BCUT2D eigenvalue weighted by atomic mass is 10.0. The Balaban J connectivity index is 1.27. The van der Waals surface area contributed by atoms with E-state index in [2.05, 4.69) is 25.5 Å². The fourth-order valence-electron chi connectivity index (χ4n) is 5.35. The molecule has 6 rings (SSSR count). The smallest absolute Gasteiger partial charge is 0.410 e. The van der Waals surface area contributed by atoms with Crippen LogP contribution in [-0.2, 0) is 9.47 Å². The van der Waals surface area contributed by atoms with Gasteiger partial charge in [-0.25, -0.2) is 14.8 Å². The molecule has 4 heterocycles. The molecule has 2 aromatic heterocycles. The number of likely N-dealkylation sites (tertiary alicyclic amines) is 1. The SMILES string of the molecule is CC(C)(C)OC(=O)N1CCCC(Nc2cncc(/C(=N/N=C3\CCCCO3)c3cccc(-c4cncc(C5CC5)n4)c3)n2)C1. The molecular formula is C33H40N8O3. The van der Waals surface area contributed by atoms with Gasteiger partial charge in [-0.1, -0.05) is 18.2 Å². The summed E-state index contributed by atoms with van der Waals surface area (Å²) < 4.78 is 11.4. The number of aromatic nitrogens is 4. The highest BCUT2D eigenvalue weighted by molar-refractivity contribution is 6.12. The van der Waals surface area contributed by atoms with E-state index in [1.54, 1.807) is 23.5 Å². The first-order valence-electron chi connectivity index (χ1n) is 15.6. The van der Waals surface area contributed by atoms with Crippen molar-refractivity contribution in [2.24, 2.45) is 10.2 Å². The van der Waals surface area contributed by atoms with Gasteiger partial charge in [-0.15, -0.1) is 10.2 Å². The van der Waals surface area contributed by atoms with Gasteiger partial charge < -0.3 is 19.7 Å². The highest BCUT2D eigenvalue weighted by atomic mass is 16.6. The number of hydrogen-bond acceptors (Lipinski definition) is 10. The molecule has 230 valence electrons. The number of carbonyl (C=O) groups is 1. The van der Waals surface area contributed by atoms with E-state index >= 15 is 0 Å². The van der Waals surface area contributed by atoms with Gasteiger partial charge in [0.1, 0.15) is 22.8 Å². The molecule has 1 unspecified atom stereocenters. The van der Waals surface area contributed by atoms with Gasteiger partial charge in [0.05, 0.1) is 36.6 Å². The maximum atomic E-state index is 12.7. The van der Waals surface area contributed by atoms with Crippen LogP contribution in [0.15, 0.2) is 59.3 Å². The molecule has 1 saturated carbocycles. The zero-order valence-electron chi connectivity index (χ0n) is 25.7. The standard InChI is InChI=1S/C33H40N8O3/c1-33(2,3)44-32(42)41-14-7-10-25(21-41)36-29-20-35-19-28(38-29)31(40-39-30-11-4-5-15-43-30)24-9-6-8-23(16-24)27-18-34-17-26(37-27)22-12-13-22/h6,8-9,16-20,22,25H,4-5,7,10-15,21H2,1-3H3,(H,36,38)/b39-30+,40-31+. The van der Waals surface area contributed by atoms with Crippen molar-refractivity contribution < 1.29 is 14.3 Å². The quantitative estimate of drug-likeness (QED) is 0.261. The van der Waals surface area contributed by atoms with E-state index in [0.29, 0.717) is 48.7 Å². The van der Waals surface area contributed by atoms with Crippen molar-refractivity contribution in [3.63, 3.8) is 0 Å². The summed E-state index contributed by atoms with van der Waals surface area (Å²) >= 11 is 0. The van der Waals surface area contributed by atoms with Gasteiger partial charge in [0, 0.05) is 48.8 Å². The van der Waals surface area contributed by atoms with Crippen molar-refractivity contribution in [3.8, 4) is 11.3 Å². The van der Waals surface area contributed by atoms with Crippen LogP contribution in [0.3, 0.4) is 0 Å². The molecule has 11 heteroatoms. The van der Waals surface area contributed by atoms with Crippen LogP contribution in [0.5, 0.6) is 0 Å². The lowest BCUT2D eigenvalue weighted by Crippen LogP contribution is -2.47. The predicted molar refractivity (Wildman–Crippen MR) is 169 cm³/mol. The van der Waals surface area contributed by atoms with E-state index in [1.807, 2.05) is 51.2 Å². The summed E-state index contributed by atoms with van der Waals surface area (Å²) in [5, 5.41) is 12.7. The second-order valence-electron chi connectivity index (χ2n) is 12.6. The number of nitrogens with one attached hydrogen (secondary N) is 1. The topological polar surface area (TPSA) is 127 Å². The molecule has 1 atom stereocenters. The normalized spacial score (nSPS) is 20.2. The molecule has 11 nitrogen and oxygen atoms in total. The maximum absolute atomic E-state index is 12.7. The van der Waals surface area contributed by atoms with E-state index in [-0.39, 0.29) is 12.1 Å². The number of hydrogen-bond donors (Lipinski definition) is 1. The highest BCUT2D eigenvalue weighted by Crippen LogP contribution is 2.39. The van der Waals surface area contributed by atoms with Gasteiger partial charge in [0.25, 0.3) is 0 Å². The van der Waals surface area contributed by atoms with Crippen molar-refractivity contribution in [2.45, 2.75) is 83.3 Å². The molecule has 3 fully saturated rings. The van der Waals surface area contributed by atoms with Crippen LogP contribution in [0.25, 0.3) is 11.3 Å². The zero-order chi connectivity index (χ0) is 30.5. The summed E-state index contributed by atoms with van der Waals surface area (Å²) in [6, 6.07) is 8.06. The minimum atomic E-state index is -0.539. The summed E-state index contributed by atoms with van der Waals surface area (Å²) in [4.78, 5) is 33.2. The van der Waals surface area contributed by atoms with E-state index in [4.69, 9.17) is 19.4 Å². The fraction of sp³-hybridized carbons (Fsp3) is 0.485. The van der Waals surface area contributed by atoms with Crippen molar-refractivity contribution in [2.75, 3.05) is 25.0 Å². The maximum Gasteiger partial charge on any atom is 0.410 e. The number of anilines is 1. The summed E-state index contributed by atoms with van der Waals surface area (Å²) in [7, 11) is 0. The van der Waals surface area contributed by atoms with Crippen LogP contribution in [0.4, 0.5) is 10.6 Å². The highest BCUT2D eigenvalue weighted by Gasteiger charge is 2.28. The first-order valence-corrected chi connectivity index (χ1v) is 15.6. The first-order chi connectivity index (χ1) is 21.3. The average Bonchev–Trinajstić information content (AvgIpc) is 3.88. The van der Waals surface area contributed by atoms with Crippen LogP contribution >= 0.6 is 0 Å². The Morgan fingerprint density at radius 2 is 1.91 bits per heavy atom. The number of ether oxygens (including phenoxy) is 2. The van der Waals surface area contributed by atoms with Crippen molar-refractivity contribution in [3.05, 3.63) is 66.0 Å². The summed E-state index contributed by atoms with van der Waals surface area (Å²) in [6.45, 7) is 7.48. The molecular weight excluding hydrogens is 556 g/mol. The van der Waals surface area contributed by atoms with Crippen molar-refractivity contribution >= 4 is 23.5 Å². The molecule has 0 radical (unpaired) electrons. The Kier molecular flexibility index (Phi) is 8.81. The number of rotatable bonds is 7. The largest absolute Gasteiger partial charge is 0.480 e. The molecule has 44 heavy (non-hydrogen) atoms. The molecule has 0 bridgehead atoms. The number of benzene rings is 1. The summed E-state index contributed by atoms with van der Waals surface area (Å²) in [5.74, 6) is 1.74. The van der Waals surface area contributed by atoms with Crippen LogP contribution in [0.1, 0.15) is 88.6 Å². The molecule has 1 aromatic carbocycles. The third-order valence-electron chi connectivity index (χ3n) is 7.70. The Morgan fingerprint density at radius 3 is 2.70 bits per heavy atom. The molecule has 3 aliphatic rings. The molecule has 2 aliphatic heterocycles. The number of carbonyl (C=O) groups excluding carboxylic acids is 1. The van der Waals surface area contributed by atoms with E-state index in [9.17, 15) is 4.79 Å². The lowest BCUT2D eigenvalue weighted by molar-refractivity contribution is 0.0206. The van der Waals surface area contributed by atoms with E-state index in [0.717, 1.165) is 54.6 Å². The Hall–Kier alpha value is -4.41. The Labute approximate surface area is 258 Å². The van der Waals surface area contributed by atoms with Crippen molar-refractivity contribution in [1.82, 2.24) is 24.8 Å². The molecule has 3 aromatic rings. The second kappa shape index (κ2) is 13.1. The Morgan fingerprint density at radius 1 is 1.05 bits per heavy atom. The van der Waals surface area contributed by atoms with Gasteiger partial charge >= 0.3 is 6.09 Å². The van der Waals surface area contributed by atoms with Crippen LogP contribution in [0, 0.1) is 0 Å². The molecule has 1 N–H and O–H groups in total. The molecule has 1 aliphatic carbocycles. The second-order valence-corrected chi connectivity index (χ2v) is 12.6. The van der Waals surface area contributed by atoms with Gasteiger partial charge in [-0.2, -0.15) is 0 Å². The Bertz CT molecular complexity index is 1540. The van der Waals surface area contributed by atoms with Crippen LogP contribution in [-0.4, -0.2) is 73.9 Å². The minimum Gasteiger partial charge on any atom is -0.480 e. The first kappa shape index (κ1) is 29.7. The van der Waals surface area contributed by atoms with Gasteiger partial charge in [0.15, 0.2) is 0 Å². The number of piperidine rings is 1.